The van der Waals surface area contributed by atoms with Crippen molar-refractivity contribution in [1.29, 1.82) is 5.26 Å². The third kappa shape index (κ3) is 2.99. The third-order valence-corrected chi connectivity index (χ3v) is 2.02. The zero-order chi connectivity index (χ0) is 11.3. The highest BCUT2D eigenvalue weighted by Gasteiger charge is 2.18. The van der Waals surface area contributed by atoms with Crippen LogP contribution < -0.4 is 0 Å². The summed E-state index contributed by atoms with van der Waals surface area (Å²) in [7, 11) is 0. The number of hydrogen-bond donors (Lipinski definition) is 3. The summed E-state index contributed by atoms with van der Waals surface area (Å²) < 4.78 is 0. The molecule has 0 spiro atoms. The van der Waals surface area contributed by atoms with Gasteiger partial charge in [-0.3, -0.25) is 4.98 Å². The van der Waals surface area contributed by atoms with E-state index in [2.05, 4.69) is 4.98 Å². The molecule has 2 unspecified atom stereocenters. The molecule has 0 aliphatic heterocycles. The lowest BCUT2D eigenvalue weighted by Crippen LogP contribution is -2.19. The molecule has 0 aliphatic rings. The Balaban J connectivity index is 2.82. The predicted molar refractivity (Wildman–Crippen MR) is 51.6 cm³/mol. The molecule has 0 aromatic carbocycles. The van der Waals surface area contributed by atoms with Crippen molar-refractivity contribution in [2.24, 2.45) is 0 Å². The van der Waals surface area contributed by atoms with Gasteiger partial charge < -0.3 is 15.3 Å². The number of aliphatic hydroxyl groups excluding tert-OH is 3. The number of hydrogen-bond acceptors (Lipinski definition) is 5. The summed E-state index contributed by atoms with van der Waals surface area (Å²) in [6.07, 6.45) is 0.655. The van der Waals surface area contributed by atoms with E-state index >= 15 is 0 Å². The molecule has 0 saturated carbocycles. The van der Waals surface area contributed by atoms with E-state index in [0.29, 0.717) is 11.1 Å². The molecule has 1 rings (SSSR count). The van der Waals surface area contributed by atoms with E-state index in [1.165, 1.54) is 18.5 Å². The van der Waals surface area contributed by atoms with Crippen LogP contribution in [0.5, 0.6) is 0 Å². The molecule has 0 bridgehead atoms. The summed E-state index contributed by atoms with van der Waals surface area (Å²) in [4.78, 5) is 3.76. The molecule has 0 amide bonds. The number of aromatic nitrogens is 1. The van der Waals surface area contributed by atoms with Crippen LogP contribution in [0.4, 0.5) is 0 Å². The first kappa shape index (κ1) is 11.6. The Bertz CT molecular complexity index is 362. The fourth-order valence-electron chi connectivity index (χ4n) is 1.19. The quantitative estimate of drug-likeness (QED) is 0.632. The monoisotopic (exact) mass is 208 g/mol. The highest BCUT2D eigenvalue weighted by Crippen LogP contribution is 2.18. The smallest absolute Gasteiger partial charge is 0.106 e. The predicted octanol–water partition coefficient (Wildman–Crippen LogP) is -0.270. The molecular formula is C10H12N2O3. The molecular weight excluding hydrogens is 196 g/mol. The van der Waals surface area contributed by atoms with Gasteiger partial charge in [-0.1, -0.05) is 0 Å². The number of pyridine rings is 1. The highest BCUT2D eigenvalue weighted by molar-refractivity contribution is 5.30. The lowest BCUT2D eigenvalue weighted by molar-refractivity contribution is 0.00403. The maximum Gasteiger partial charge on any atom is 0.106 e. The van der Waals surface area contributed by atoms with Crippen molar-refractivity contribution < 1.29 is 15.3 Å². The molecule has 0 radical (unpaired) electrons. The average molecular weight is 208 g/mol. The molecule has 5 nitrogen and oxygen atoms in total. The minimum absolute atomic E-state index is 0.0813. The van der Waals surface area contributed by atoms with Crippen LogP contribution >= 0.6 is 0 Å². The van der Waals surface area contributed by atoms with Crippen LogP contribution in [0.3, 0.4) is 0 Å². The van der Waals surface area contributed by atoms with Crippen LogP contribution in [0.2, 0.25) is 0 Å². The average Bonchev–Trinajstić information content (AvgIpc) is 2.28. The number of aliphatic hydroxyl groups is 3. The van der Waals surface area contributed by atoms with Gasteiger partial charge in [-0.25, -0.2) is 0 Å². The molecule has 80 valence electrons. The Kier molecular flexibility index (Phi) is 4.18. The van der Waals surface area contributed by atoms with E-state index in [4.69, 9.17) is 10.4 Å². The number of nitriles is 1. The molecule has 3 N–H and O–H groups in total. The van der Waals surface area contributed by atoms with Gasteiger partial charge in [0.15, 0.2) is 0 Å². The van der Waals surface area contributed by atoms with Crippen LogP contribution in [0, 0.1) is 11.3 Å². The van der Waals surface area contributed by atoms with Gasteiger partial charge in [0, 0.05) is 24.6 Å². The Morgan fingerprint density at radius 3 is 2.73 bits per heavy atom. The van der Waals surface area contributed by atoms with Crippen LogP contribution in [0.25, 0.3) is 0 Å². The third-order valence-electron chi connectivity index (χ3n) is 2.02. The minimum atomic E-state index is -1.13. The topological polar surface area (TPSA) is 97.4 Å². The zero-order valence-electron chi connectivity index (χ0n) is 8.04. The summed E-state index contributed by atoms with van der Waals surface area (Å²) in [5.41, 5.74) is 0.692. The van der Waals surface area contributed by atoms with Gasteiger partial charge in [-0.2, -0.15) is 5.26 Å². The van der Waals surface area contributed by atoms with Crippen molar-refractivity contribution in [2.45, 2.75) is 18.6 Å². The lowest BCUT2D eigenvalue weighted by Gasteiger charge is -2.16. The molecule has 1 heterocycles. The number of rotatable bonds is 4. The van der Waals surface area contributed by atoms with Crippen LogP contribution in [0.1, 0.15) is 23.7 Å². The van der Waals surface area contributed by atoms with E-state index in [1.54, 1.807) is 0 Å². The molecule has 5 heteroatoms. The second-order valence-corrected chi connectivity index (χ2v) is 3.14. The van der Waals surface area contributed by atoms with Gasteiger partial charge in [0.25, 0.3) is 0 Å². The minimum Gasteiger partial charge on any atom is -0.396 e. The second-order valence-electron chi connectivity index (χ2n) is 3.14. The van der Waals surface area contributed by atoms with Gasteiger partial charge in [0.1, 0.15) is 12.2 Å². The zero-order valence-corrected chi connectivity index (χ0v) is 8.04. The molecule has 15 heavy (non-hydrogen) atoms. The summed E-state index contributed by atoms with van der Waals surface area (Å²) in [6, 6.07) is 3.35. The molecule has 1 aromatic rings. The Labute approximate surface area is 87.3 Å². The molecule has 0 saturated heterocycles. The molecule has 1 aromatic heterocycles. The van der Waals surface area contributed by atoms with E-state index < -0.39 is 12.2 Å². The first-order valence-corrected chi connectivity index (χ1v) is 4.51. The van der Waals surface area contributed by atoms with Crippen molar-refractivity contribution in [3.63, 3.8) is 0 Å². The standard InChI is InChI=1S/C10H12N2O3/c11-4-7-3-8(6-12-5-7)10(15)9(14)1-2-13/h3,5-6,9-10,13-15H,1-2H2. The second kappa shape index (κ2) is 5.41. The van der Waals surface area contributed by atoms with Crippen LogP contribution in [-0.2, 0) is 0 Å². The summed E-state index contributed by atoms with van der Waals surface area (Å²) in [5.74, 6) is 0. The van der Waals surface area contributed by atoms with Crippen molar-refractivity contribution in [2.75, 3.05) is 6.61 Å². The van der Waals surface area contributed by atoms with Gasteiger partial charge in [0.2, 0.25) is 0 Å². The fraction of sp³-hybridized carbons (Fsp3) is 0.400. The summed E-state index contributed by atoms with van der Waals surface area (Å²) >= 11 is 0. The van der Waals surface area contributed by atoms with Crippen LogP contribution in [-0.4, -0.2) is 33.0 Å². The van der Waals surface area contributed by atoms with Crippen molar-refractivity contribution >= 4 is 0 Å². The first-order valence-electron chi connectivity index (χ1n) is 4.51. The fourth-order valence-corrected chi connectivity index (χ4v) is 1.19. The van der Waals surface area contributed by atoms with Crippen molar-refractivity contribution in [3.8, 4) is 6.07 Å². The lowest BCUT2D eigenvalue weighted by atomic mass is 10.0. The Morgan fingerprint density at radius 2 is 2.13 bits per heavy atom. The molecule has 0 fully saturated rings. The molecule has 0 aliphatic carbocycles. The summed E-state index contributed by atoms with van der Waals surface area (Å²) in [6.45, 7) is -0.205. The Morgan fingerprint density at radius 1 is 1.40 bits per heavy atom. The van der Waals surface area contributed by atoms with Gasteiger partial charge in [-0.05, 0) is 12.5 Å². The summed E-state index contributed by atoms with van der Waals surface area (Å²) in [5, 5.41) is 36.2. The van der Waals surface area contributed by atoms with Gasteiger partial charge in [0.05, 0.1) is 11.7 Å². The molecule has 2 atom stereocenters. The Hall–Kier alpha value is -1.48. The van der Waals surface area contributed by atoms with E-state index in [1.807, 2.05) is 6.07 Å². The van der Waals surface area contributed by atoms with Gasteiger partial charge >= 0.3 is 0 Å². The van der Waals surface area contributed by atoms with Crippen LogP contribution in [0.15, 0.2) is 18.5 Å². The highest BCUT2D eigenvalue weighted by atomic mass is 16.3. The maximum atomic E-state index is 9.63. The largest absolute Gasteiger partial charge is 0.396 e. The first-order chi connectivity index (χ1) is 7.19. The van der Waals surface area contributed by atoms with Gasteiger partial charge in [-0.15, -0.1) is 0 Å². The normalized spacial score (nSPS) is 14.3. The maximum absolute atomic E-state index is 9.63. The van der Waals surface area contributed by atoms with E-state index in [9.17, 15) is 10.2 Å². The van der Waals surface area contributed by atoms with Crippen molar-refractivity contribution in [3.05, 3.63) is 29.6 Å². The van der Waals surface area contributed by atoms with E-state index in [-0.39, 0.29) is 13.0 Å². The van der Waals surface area contributed by atoms with E-state index in [0.717, 1.165) is 0 Å². The van der Waals surface area contributed by atoms with Crippen molar-refractivity contribution in [1.82, 2.24) is 4.98 Å². The SMILES string of the molecule is N#Cc1cncc(C(O)C(O)CCO)c1. The number of nitrogens with zero attached hydrogens (tertiary/aromatic N) is 2.